The van der Waals surface area contributed by atoms with Gasteiger partial charge < -0.3 is 4.74 Å². The molecule has 0 fully saturated rings. The molecule has 1 rings (SSSR count). The van der Waals surface area contributed by atoms with Crippen molar-refractivity contribution in [2.45, 2.75) is 38.4 Å². The first-order valence-electron chi connectivity index (χ1n) is 6.12. The number of rotatable bonds is 8. The Kier molecular flexibility index (Phi) is 6.78. The maximum atomic E-state index is 11.9. The molecule has 19 heavy (non-hydrogen) atoms. The molecule has 0 spiro atoms. The van der Waals surface area contributed by atoms with E-state index in [1.165, 1.54) is 9.75 Å². The van der Waals surface area contributed by atoms with Crippen LogP contribution in [0, 0.1) is 0 Å². The minimum Gasteiger partial charge on any atom is -0.372 e. The topological polar surface area (TPSA) is 47.3 Å². The number of aryl methyl sites for hydroxylation is 1. The van der Waals surface area contributed by atoms with Gasteiger partial charge in [0.05, 0.1) is 0 Å². The van der Waals surface area contributed by atoms with Crippen LogP contribution in [0.25, 0.3) is 0 Å². The number of thiophene rings is 1. The standard InChI is InChI=1S/C12H19F3N2OS/c1-2-10-3-4-11(19-10)7-9(17-16)5-6-18-8-12(13,14)15/h3-4,9,17H,2,5-8,16H2,1H3. The number of hydrogen-bond acceptors (Lipinski definition) is 4. The number of halogens is 3. The summed E-state index contributed by atoms with van der Waals surface area (Å²) in [5, 5.41) is 0. The predicted octanol–water partition coefficient (Wildman–Crippen LogP) is 2.65. The second-order valence-electron chi connectivity index (χ2n) is 4.25. The minimum absolute atomic E-state index is 0.0421. The van der Waals surface area contributed by atoms with Gasteiger partial charge in [0, 0.05) is 22.4 Å². The van der Waals surface area contributed by atoms with Gasteiger partial charge in [0.1, 0.15) is 6.61 Å². The van der Waals surface area contributed by atoms with E-state index in [2.05, 4.69) is 23.2 Å². The van der Waals surface area contributed by atoms with E-state index in [1.54, 1.807) is 11.3 Å². The number of nitrogens with two attached hydrogens (primary N) is 1. The van der Waals surface area contributed by atoms with Gasteiger partial charge in [-0.25, -0.2) is 0 Å². The number of nitrogens with one attached hydrogen (secondary N) is 1. The Morgan fingerprint density at radius 1 is 1.37 bits per heavy atom. The SMILES string of the molecule is CCc1ccc(CC(CCOCC(F)(F)F)NN)s1. The van der Waals surface area contributed by atoms with E-state index in [1.807, 2.05) is 6.07 Å². The molecule has 0 radical (unpaired) electrons. The summed E-state index contributed by atoms with van der Waals surface area (Å²) in [6.45, 7) is 0.920. The summed E-state index contributed by atoms with van der Waals surface area (Å²) in [6, 6.07) is 4.02. The Labute approximate surface area is 114 Å². The van der Waals surface area contributed by atoms with Crippen molar-refractivity contribution in [2.24, 2.45) is 5.84 Å². The average Bonchev–Trinajstić information content (AvgIpc) is 2.79. The Hall–Kier alpha value is -0.630. The van der Waals surface area contributed by atoms with Crippen LogP contribution in [0.3, 0.4) is 0 Å². The quantitative estimate of drug-likeness (QED) is 0.440. The molecular weight excluding hydrogens is 277 g/mol. The first-order chi connectivity index (χ1) is 8.94. The Morgan fingerprint density at radius 3 is 2.58 bits per heavy atom. The summed E-state index contributed by atoms with van der Waals surface area (Å²) in [5.74, 6) is 5.40. The Bertz CT molecular complexity index is 368. The summed E-state index contributed by atoms with van der Waals surface area (Å²) in [7, 11) is 0. The van der Waals surface area contributed by atoms with Crippen LogP contribution in [-0.2, 0) is 17.6 Å². The Balaban J connectivity index is 2.29. The highest BCUT2D eigenvalue weighted by atomic mass is 32.1. The van der Waals surface area contributed by atoms with E-state index in [4.69, 9.17) is 5.84 Å². The molecule has 0 bridgehead atoms. The zero-order chi connectivity index (χ0) is 14.3. The van der Waals surface area contributed by atoms with Crippen LogP contribution >= 0.6 is 11.3 Å². The molecule has 1 aromatic heterocycles. The number of ether oxygens (including phenoxy) is 1. The normalized spacial score (nSPS) is 13.7. The molecule has 1 atom stereocenters. The lowest BCUT2D eigenvalue weighted by atomic mass is 10.1. The fourth-order valence-electron chi connectivity index (χ4n) is 1.62. The van der Waals surface area contributed by atoms with E-state index in [0.29, 0.717) is 12.8 Å². The van der Waals surface area contributed by atoms with Gasteiger partial charge in [-0.05, 0) is 31.4 Å². The van der Waals surface area contributed by atoms with Gasteiger partial charge in [-0.15, -0.1) is 11.3 Å². The monoisotopic (exact) mass is 296 g/mol. The molecule has 7 heteroatoms. The van der Waals surface area contributed by atoms with Crippen molar-refractivity contribution < 1.29 is 17.9 Å². The summed E-state index contributed by atoms with van der Waals surface area (Å²) in [5.41, 5.74) is 2.62. The smallest absolute Gasteiger partial charge is 0.372 e. The van der Waals surface area contributed by atoms with Gasteiger partial charge in [-0.2, -0.15) is 13.2 Å². The second kappa shape index (κ2) is 7.84. The largest absolute Gasteiger partial charge is 0.411 e. The van der Waals surface area contributed by atoms with Crippen molar-refractivity contribution in [3.63, 3.8) is 0 Å². The second-order valence-corrected chi connectivity index (χ2v) is 5.50. The zero-order valence-electron chi connectivity index (χ0n) is 10.8. The molecule has 0 amide bonds. The third-order valence-corrected chi connectivity index (χ3v) is 3.88. The molecule has 0 aliphatic rings. The average molecular weight is 296 g/mol. The molecule has 1 heterocycles. The van der Waals surface area contributed by atoms with Crippen molar-refractivity contribution in [1.29, 1.82) is 0 Å². The molecule has 0 aliphatic heterocycles. The van der Waals surface area contributed by atoms with E-state index in [0.717, 1.165) is 6.42 Å². The predicted molar refractivity (Wildman–Crippen MR) is 70.0 cm³/mol. The van der Waals surface area contributed by atoms with Gasteiger partial charge in [0.25, 0.3) is 0 Å². The lowest BCUT2D eigenvalue weighted by Gasteiger charge is -2.15. The van der Waals surface area contributed by atoms with Crippen molar-refractivity contribution in [2.75, 3.05) is 13.2 Å². The van der Waals surface area contributed by atoms with Crippen molar-refractivity contribution in [3.05, 3.63) is 21.9 Å². The molecule has 0 saturated heterocycles. The summed E-state index contributed by atoms with van der Waals surface area (Å²) >= 11 is 1.70. The molecule has 1 aromatic rings. The molecule has 110 valence electrons. The molecule has 0 saturated carbocycles. The van der Waals surface area contributed by atoms with Crippen LogP contribution < -0.4 is 11.3 Å². The molecule has 3 N–H and O–H groups in total. The maximum absolute atomic E-state index is 11.9. The first kappa shape index (κ1) is 16.4. The van der Waals surface area contributed by atoms with Crippen LogP contribution in [0.1, 0.15) is 23.1 Å². The molecule has 0 aromatic carbocycles. The third kappa shape index (κ3) is 6.91. The van der Waals surface area contributed by atoms with E-state index >= 15 is 0 Å². The highest BCUT2D eigenvalue weighted by molar-refractivity contribution is 7.11. The highest BCUT2D eigenvalue weighted by Gasteiger charge is 2.27. The van der Waals surface area contributed by atoms with Gasteiger partial charge in [-0.1, -0.05) is 6.92 Å². The number of hydrazine groups is 1. The molecule has 0 aliphatic carbocycles. The fraction of sp³-hybridized carbons (Fsp3) is 0.667. The molecule has 3 nitrogen and oxygen atoms in total. The highest BCUT2D eigenvalue weighted by Crippen LogP contribution is 2.19. The Morgan fingerprint density at radius 2 is 2.05 bits per heavy atom. The minimum atomic E-state index is -4.27. The molecule has 1 unspecified atom stereocenters. The van der Waals surface area contributed by atoms with Gasteiger partial charge >= 0.3 is 6.18 Å². The number of hydrogen-bond donors (Lipinski definition) is 2. The van der Waals surface area contributed by atoms with E-state index < -0.39 is 12.8 Å². The third-order valence-electron chi connectivity index (χ3n) is 2.63. The molecular formula is C12H19F3N2OS. The van der Waals surface area contributed by atoms with Crippen LogP contribution in [0.4, 0.5) is 13.2 Å². The summed E-state index contributed by atoms with van der Waals surface area (Å²) < 4.78 is 40.2. The van der Waals surface area contributed by atoms with Crippen LogP contribution in [0.2, 0.25) is 0 Å². The maximum Gasteiger partial charge on any atom is 0.411 e. The van der Waals surface area contributed by atoms with Crippen molar-refractivity contribution in [1.82, 2.24) is 5.43 Å². The van der Waals surface area contributed by atoms with Crippen molar-refractivity contribution >= 4 is 11.3 Å². The van der Waals surface area contributed by atoms with Crippen LogP contribution in [-0.4, -0.2) is 25.4 Å². The first-order valence-corrected chi connectivity index (χ1v) is 6.94. The van der Waals surface area contributed by atoms with Crippen molar-refractivity contribution in [3.8, 4) is 0 Å². The lowest BCUT2D eigenvalue weighted by Crippen LogP contribution is -2.37. The van der Waals surface area contributed by atoms with E-state index in [-0.39, 0.29) is 12.6 Å². The number of alkyl halides is 3. The fourth-order valence-corrected chi connectivity index (χ4v) is 2.66. The van der Waals surface area contributed by atoms with Gasteiger partial charge in [0.2, 0.25) is 0 Å². The summed E-state index contributed by atoms with van der Waals surface area (Å²) in [6.07, 6.45) is -2.13. The van der Waals surface area contributed by atoms with E-state index in [9.17, 15) is 13.2 Å². The summed E-state index contributed by atoms with van der Waals surface area (Å²) in [4.78, 5) is 2.47. The van der Waals surface area contributed by atoms with Crippen LogP contribution in [0.15, 0.2) is 12.1 Å². The zero-order valence-corrected chi connectivity index (χ0v) is 11.6. The lowest BCUT2D eigenvalue weighted by molar-refractivity contribution is -0.174. The van der Waals surface area contributed by atoms with Crippen LogP contribution in [0.5, 0.6) is 0 Å². The van der Waals surface area contributed by atoms with Gasteiger partial charge in [-0.3, -0.25) is 11.3 Å². The van der Waals surface area contributed by atoms with Gasteiger partial charge in [0.15, 0.2) is 0 Å².